The van der Waals surface area contributed by atoms with Crippen LogP contribution >= 0.6 is 0 Å². The van der Waals surface area contributed by atoms with Gasteiger partial charge in [-0.05, 0) is 4.28 Å². The van der Waals surface area contributed by atoms with Crippen LogP contribution in [0.15, 0.2) is 30.3 Å². The van der Waals surface area contributed by atoms with Crippen molar-refractivity contribution in [3.63, 3.8) is 0 Å². The van der Waals surface area contributed by atoms with E-state index in [-0.39, 0.29) is 0 Å². The van der Waals surface area contributed by atoms with Crippen LogP contribution in [0.3, 0.4) is 0 Å². The molecule has 3 fully saturated rings. The fraction of sp³-hybridized carbons (Fsp3) is 0.500. The van der Waals surface area contributed by atoms with Crippen molar-refractivity contribution < 1.29 is 0 Å². The van der Waals surface area contributed by atoms with E-state index in [0.29, 0.717) is 4.28 Å². The molecule has 2 bridgehead atoms. The Morgan fingerprint density at radius 3 is 2.06 bits per heavy atom. The van der Waals surface area contributed by atoms with Crippen LogP contribution in [0.2, 0.25) is 4.28 Å². The van der Waals surface area contributed by atoms with Crippen LogP contribution in [0.1, 0.15) is 31.7 Å². The third kappa shape index (κ3) is 2.42. The van der Waals surface area contributed by atoms with E-state index in [1.807, 2.05) is 0 Å². The van der Waals surface area contributed by atoms with E-state index < -0.39 is 0 Å². The van der Waals surface area contributed by atoms with Crippen molar-refractivity contribution in [3.8, 4) is 0 Å². The summed E-state index contributed by atoms with van der Waals surface area (Å²) in [6, 6.07) is 11.5. The summed E-state index contributed by atoms with van der Waals surface area (Å²) in [5.41, 5.74) is 1.68. The molecule has 0 nitrogen and oxygen atoms in total. The van der Waals surface area contributed by atoms with Gasteiger partial charge in [0, 0.05) is 54.2 Å². The molecule has 0 atom stereocenters. The van der Waals surface area contributed by atoms with Crippen molar-refractivity contribution in [1.82, 2.24) is 0 Å². The van der Waals surface area contributed by atoms with Crippen molar-refractivity contribution in [2.75, 3.05) is 0 Å². The standard InChI is InChI=1S/C12H14Si6/c1-2-3-9-11-13-16-12(17-14-11,18-15-11)10-7-5-4-6-8-10/h4-8H,2-3,9H2,1H3. The first-order chi connectivity index (χ1) is 8.79. The summed E-state index contributed by atoms with van der Waals surface area (Å²) < 4.78 is 1.53. The summed E-state index contributed by atoms with van der Waals surface area (Å²) in [6.07, 6.45) is 4.42. The van der Waals surface area contributed by atoms with Crippen LogP contribution in [0.5, 0.6) is 0 Å². The molecular weight excluding hydrogens is 313 g/mol. The third-order valence-electron chi connectivity index (χ3n) is 3.50. The summed E-state index contributed by atoms with van der Waals surface area (Å²) in [7, 11) is 7.57. The quantitative estimate of drug-likeness (QED) is 0.726. The highest BCUT2D eigenvalue weighted by atomic mass is 29.3. The molecule has 3 saturated heterocycles. The van der Waals surface area contributed by atoms with Gasteiger partial charge in [0.15, 0.2) is 0 Å². The highest BCUT2D eigenvalue weighted by Gasteiger charge is 2.50. The molecule has 0 amide bonds. The Bertz CT molecular complexity index is 382. The molecule has 3 aliphatic rings. The predicted octanol–water partition coefficient (Wildman–Crippen LogP) is 1.06. The van der Waals surface area contributed by atoms with Crippen molar-refractivity contribution in [2.45, 2.75) is 34.8 Å². The van der Waals surface area contributed by atoms with E-state index in [9.17, 15) is 0 Å². The van der Waals surface area contributed by atoms with Gasteiger partial charge in [-0.3, -0.25) is 0 Å². The van der Waals surface area contributed by atoms with Crippen LogP contribution in [-0.2, 0) is 4.28 Å². The van der Waals surface area contributed by atoms with E-state index in [4.69, 9.17) is 0 Å². The third-order valence-corrected chi connectivity index (χ3v) is 29.7. The zero-order valence-corrected chi connectivity index (χ0v) is 16.5. The number of fused-ring (bicyclic) bond motifs is 3. The summed E-state index contributed by atoms with van der Waals surface area (Å²) in [4.78, 5) is 0. The van der Waals surface area contributed by atoms with Gasteiger partial charge in [0.2, 0.25) is 0 Å². The molecule has 6 heteroatoms. The lowest BCUT2D eigenvalue weighted by Gasteiger charge is -2.52. The maximum Gasteiger partial charge on any atom is 0.0271 e. The molecule has 4 rings (SSSR count). The molecule has 0 unspecified atom stereocenters. The largest absolute Gasteiger partial charge is 0.0654 e. The van der Waals surface area contributed by atoms with Crippen LogP contribution in [0, 0.1) is 0 Å². The number of hydrogen-bond donors (Lipinski definition) is 0. The minimum atomic E-state index is 0.671. The molecule has 12 radical (unpaired) electrons. The highest BCUT2D eigenvalue weighted by molar-refractivity contribution is 7.42. The molecule has 3 aliphatic heterocycles. The van der Waals surface area contributed by atoms with Crippen LogP contribution < -0.4 is 0 Å². The topological polar surface area (TPSA) is 0 Å². The molecular formula is C12H14Si6. The zero-order chi connectivity index (χ0) is 12.5. The maximum absolute atomic E-state index is 2.40. The number of unbranched alkanes of at least 4 members (excludes halogenated alkanes) is 1. The summed E-state index contributed by atoms with van der Waals surface area (Å²) >= 11 is 0. The van der Waals surface area contributed by atoms with Crippen LogP contribution in [0.4, 0.5) is 0 Å². The second-order valence-corrected chi connectivity index (χ2v) is 18.7. The first-order valence-corrected chi connectivity index (χ1v) is 15.5. The monoisotopic (exact) mass is 326 g/mol. The van der Waals surface area contributed by atoms with Crippen molar-refractivity contribution in [3.05, 3.63) is 35.9 Å². The van der Waals surface area contributed by atoms with Crippen LogP contribution in [0.25, 0.3) is 0 Å². The Hall–Kier alpha value is 0.521. The first-order valence-electron chi connectivity index (χ1n) is 6.47. The lowest BCUT2D eigenvalue weighted by atomic mass is 10.2. The number of benzene rings is 1. The molecule has 0 N–H and O–H groups in total. The fourth-order valence-electron chi connectivity index (χ4n) is 2.32. The SMILES string of the molecule is CCCCC12[Si][Si]C(c3ccccc3)([Si][Si]1)[Si][Si]2. The minimum Gasteiger partial charge on any atom is -0.0654 e. The van der Waals surface area contributed by atoms with Gasteiger partial charge in [-0.2, -0.15) is 0 Å². The molecule has 18 heavy (non-hydrogen) atoms. The van der Waals surface area contributed by atoms with Gasteiger partial charge >= 0.3 is 0 Å². The number of hydrogen-bond acceptors (Lipinski definition) is 0. The Balaban J connectivity index is 1.75. The highest BCUT2D eigenvalue weighted by Crippen LogP contribution is 2.40. The minimum absolute atomic E-state index is 0.671. The van der Waals surface area contributed by atoms with Gasteiger partial charge < -0.3 is 0 Å². The zero-order valence-electron chi connectivity index (χ0n) is 10.5. The lowest BCUT2D eigenvalue weighted by molar-refractivity contribution is 0.720. The molecule has 3 heterocycles. The van der Waals surface area contributed by atoms with Gasteiger partial charge in [0.25, 0.3) is 0 Å². The van der Waals surface area contributed by atoms with E-state index in [1.165, 1.54) is 67.1 Å². The molecule has 0 aromatic heterocycles. The van der Waals surface area contributed by atoms with Gasteiger partial charge in [0.05, 0.1) is 0 Å². The van der Waals surface area contributed by atoms with Gasteiger partial charge in [-0.15, -0.1) is 0 Å². The summed E-state index contributed by atoms with van der Waals surface area (Å²) in [5, 5.41) is 0. The van der Waals surface area contributed by atoms with E-state index in [0.717, 1.165) is 4.28 Å². The smallest absolute Gasteiger partial charge is 0.0271 e. The Kier molecular flexibility index (Phi) is 4.12. The fourth-order valence-corrected chi connectivity index (χ4v) is 33.1. The second-order valence-electron chi connectivity index (χ2n) is 4.87. The van der Waals surface area contributed by atoms with Crippen molar-refractivity contribution in [2.24, 2.45) is 0 Å². The van der Waals surface area contributed by atoms with Crippen molar-refractivity contribution >= 4 is 54.2 Å². The molecule has 1 aromatic rings. The lowest BCUT2D eigenvalue weighted by Crippen LogP contribution is -2.68. The molecule has 0 spiro atoms. The summed E-state index contributed by atoms with van der Waals surface area (Å²) in [5.74, 6) is 0. The van der Waals surface area contributed by atoms with Gasteiger partial charge in [0.1, 0.15) is 0 Å². The Morgan fingerprint density at radius 2 is 1.50 bits per heavy atom. The summed E-state index contributed by atoms with van der Waals surface area (Å²) in [6.45, 7) is 2.35. The Labute approximate surface area is 124 Å². The molecule has 0 saturated carbocycles. The van der Waals surface area contributed by atoms with Crippen molar-refractivity contribution in [1.29, 1.82) is 0 Å². The van der Waals surface area contributed by atoms with E-state index in [1.54, 1.807) is 12.0 Å². The maximum atomic E-state index is 2.40. The predicted molar refractivity (Wildman–Crippen MR) is 84.9 cm³/mol. The van der Waals surface area contributed by atoms with E-state index >= 15 is 0 Å². The second kappa shape index (κ2) is 5.49. The van der Waals surface area contributed by atoms with Gasteiger partial charge in [-0.1, -0.05) is 66.4 Å². The molecule has 86 valence electrons. The average molecular weight is 327 g/mol. The first kappa shape index (κ1) is 13.5. The normalized spacial score (nSPS) is 34.7. The van der Waals surface area contributed by atoms with Crippen LogP contribution in [-0.4, -0.2) is 54.2 Å². The van der Waals surface area contributed by atoms with Gasteiger partial charge in [-0.25, -0.2) is 0 Å². The van der Waals surface area contributed by atoms with E-state index in [2.05, 4.69) is 37.3 Å². The molecule has 0 aliphatic carbocycles. The number of rotatable bonds is 4. The average Bonchev–Trinajstić information content (AvgIpc) is 2.48. The Morgan fingerprint density at radius 1 is 0.889 bits per heavy atom. The molecule has 1 aromatic carbocycles.